The quantitative estimate of drug-likeness (QED) is 0.892. The topological polar surface area (TPSA) is 15.3 Å². The highest BCUT2D eigenvalue weighted by molar-refractivity contribution is 5.25. The average molecular weight is 258 g/mol. The van der Waals surface area contributed by atoms with Crippen molar-refractivity contribution in [3.63, 3.8) is 0 Å². The number of hydrogen-bond acceptors (Lipinski definition) is 2. The molecule has 0 amide bonds. The lowest BCUT2D eigenvalue weighted by molar-refractivity contribution is -0.137. The summed E-state index contributed by atoms with van der Waals surface area (Å²) in [6.07, 6.45) is -4.26. The molecule has 0 aromatic heterocycles. The molecule has 0 bridgehead atoms. The second-order valence-electron chi connectivity index (χ2n) is 4.57. The smallest absolute Gasteiger partial charge is 0.314 e. The number of nitrogens with zero attached hydrogens (tertiary/aromatic N) is 1. The highest BCUT2D eigenvalue weighted by atomic mass is 19.4. The molecule has 1 heterocycles. The first kappa shape index (κ1) is 13.4. The van der Waals surface area contributed by atoms with Crippen LogP contribution in [0.1, 0.15) is 18.1 Å². The second-order valence-corrected chi connectivity index (χ2v) is 4.57. The Morgan fingerprint density at radius 1 is 1.33 bits per heavy atom. The average Bonchev–Trinajstić information content (AvgIpc) is 2.25. The number of hydrogen-bond donors (Lipinski definition) is 1. The van der Waals surface area contributed by atoms with Crippen molar-refractivity contribution in [1.82, 2.24) is 10.2 Å². The molecular weight excluding hydrogens is 241 g/mol. The lowest BCUT2D eigenvalue weighted by atomic mass is 10.1. The maximum Gasteiger partial charge on any atom is 0.416 e. The van der Waals surface area contributed by atoms with Crippen molar-refractivity contribution >= 4 is 0 Å². The van der Waals surface area contributed by atoms with E-state index in [4.69, 9.17) is 0 Å². The molecule has 0 unspecified atom stereocenters. The molecule has 1 aromatic rings. The van der Waals surface area contributed by atoms with Gasteiger partial charge in [-0.05, 0) is 18.2 Å². The van der Waals surface area contributed by atoms with Crippen LogP contribution in [0.2, 0.25) is 0 Å². The first-order valence-corrected chi connectivity index (χ1v) is 6.11. The molecule has 2 rings (SSSR count). The van der Waals surface area contributed by atoms with Crippen molar-refractivity contribution in [2.45, 2.75) is 25.7 Å². The van der Waals surface area contributed by atoms with Gasteiger partial charge in [0.2, 0.25) is 0 Å². The van der Waals surface area contributed by atoms with Gasteiger partial charge in [0.25, 0.3) is 0 Å². The summed E-state index contributed by atoms with van der Waals surface area (Å²) in [7, 11) is 0. The van der Waals surface area contributed by atoms with Gasteiger partial charge in [-0.25, -0.2) is 0 Å². The van der Waals surface area contributed by atoms with Crippen molar-refractivity contribution in [1.29, 1.82) is 0 Å². The minimum Gasteiger partial charge on any atom is -0.314 e. The Morgan fingerprint density at radius 3 is 2.56 bits per heavy atom. The molecule has 1 aromatic carbocycles. The molecule has 0 radical (unpaired) electrons. The zero-order chi connectivity index (χ0) is 13.2. The Hall–Kier alpha value is -1.07. The number of alkyl halides is 3. The number of rotatable bonds is 4. The van der Waals surface area contributed by atoms with Crippen molar-refractivity contribution in [2.75, 3.05) is 19.6 Å². The summed E-state index contributed by atoms with van der Waals surface area (Å²) in [6, 6.07) is 6.04. The van der Waals surface area contributed by atoms with E-state index in [2.05, 4.69) is 10.2 Å². The van der Waals surface area contributed by atoms with Crippen LogP contribution in [0, 0.1) is 0 Å². The maximum atomic E-state index is 12.6. The summed E-state index contributed by atoms with van der Waals surface area (Å²) in [6.45, 7) is 5.31. The highest BCUT2D eigenvalue weighted by Gasteiger charge is 2.30. The van der Waals surface area contributed by atoms with Crippen LogP contribution in [0.4, 0.5) is 13.2 Å². The zero-order valence-electron chi connectivity index (χ0n) is 10.3. The van der Waals surface area contributed by atoms with E-state index in [1.54, 1.807) is 6.07 Å². The van der Waals surface area contributed by atoms with Crippen molar-refractivity contribution in [3.8, 4) is 0 Å². The van der Waals surface area contributed by atoms with Gasteiger partial charge in [0.05, 0.1) is 5.56 Å². The summed E-state index contributed by atoms with van der Waals surface area (Å²) in [5, 5.41) is 3.18. The van der Waals surface area contributed by atoms with Crippen molar-refractivity contribution < 1.29 is 13.2 Å². The third-order valence-corrected chi connectivity index (χ3v) is 3.32. The second kappa shape index (κ2) is 5.28. The number of likely N-dealkylation sites (N-methyl/N-ethyl adjacent to an activating group) is 1. The van der Waals surface area contributed by atoms with E-state index in [1.807, 2.05) is 6.92 Å². The molecule has 0 saturated carbocycles. The first-order valence-electron chi connectivity index (χ1n) is 6.11. The molecule has 1 fully saturated rings. The van der Waals surface area contributed by atoms with E-state index in [-0.39, 0.29) is 0 Å². The van der Waals surface area contributed by atoms with Gasteiger partial charge in [-0.1, -0.05) is 25.1 Å². The lowest BCUT2D eigenvalue weighted by Gasteiger charge is -2.37. The Kier molecular flexibility index (Phi) is 3.92. The van der Waals surface area contributed by atoms with Crippen LogP contribution in [0.3, 0.4) is 0 Å². The van der Waals surface area contributed by atoms with Crippen LogP contribution in [0.5, 0.6) is 0 Å². The molecule has 2 nitrogen and oxygen atoms in total. The first-order chi connectivity index (χ1) is 8.50. The van der Waals surface area contributed by atoms with E-state index in [1.165, 1.54) is 12.1 Å². The number of nitrogens with one attached hydrogen (secondary N) is 1. The standard InChI is InChI=1S/C13H17F3N2/c1-2-18(12-7-17-8-12)9-10-4-3-5-11(6-10)13(14,15)16/h3-6,12,17H,2,7-9H2,1H3. The summed E-state index contributed by atoms with van der Waals surface area (Å²) in [4.78, 5) is 2.20. The largest absolute Gasteiger partial charge is 0.416 e. The van der Waals surface area contributed by atoms with Gasteiger partial charge in [0.15, 0.2) is 0 Å². The van der Waals surface area contributed by atoms with Gasteiger partial charge in [0.1, 0.15) is 0 Å². The monoisotopic (exact) mass is 258 g/mol. The Balaban J connectivity index is 2.08. The van der Waals surface area contributed by atoms with Gasteiger partial charge in [-0.2, -0.15) is 13.2 Å². The van der Waals surface area contributed by atoms with Gasteiger partial charge in [-0.15, -0.1) is 0 Å². The minimum absolute atomic E-state index is 0.449. The van der Waals surface area contributed by atoms with Gasteiger partial charge in [0, 0.05) is 25.7 Å². The Bertz CT molecular complexity index is 399. The predicted molar refractivity (Wildman–Crippen MR) is 64.2 cm³/mol. The van der Waals surface area contributed by atoms with Crippen LogP contribution in [0.15, 0.2) is 24.3 Å². The van der Waals surface area contributed by atoms with E-state index in [0.717, 1.165) is 31.3 Å². The fraction of sp³-hybridized carbons (Fsp3) is 0.538. The van der Waals surface area contributed by atoms with Crippen molar-refractivity contribution in [3.05, 3.63) is 35.4 Å². The number of benzene rings is 1. The van der Waals surface area contributed by atoms with Gasteiger partial charge in [-0.3, -0.25) is 4.90 Å². The van der Waals surface area contributed by atoms with Gasteiger partial charge < -0.3 is 5.32 Å². The molecule has 1 aliphatic rings. The molecule has 18 heavy (non-hydrogen) atoms. The highest BCUT2D eigenvalue weighted by Crippen LogP contribution is 2.29. The van der Waals surface area contributed by atoms with Crippen molar-refractivity contribution in [2.24, 2.45) is 0 Å². The summed E-state index contributed by atoms with van der Waals surface area (Å²) < 4.78 is 37.8. The molecule has 0 aliphatic carbocycles. The Morgan fingerprint density at radius 2 is 2.06 bits per heavy atom. The lowest BCUT2D eigenvalue weighted by Crippen LogP contribution is -2.56. The third kappa shape index (κ3) is 3.03. The van der Waals surface area contributed by atoms with Crippen LogP contribution in [0.25, 0.3) is 0 Å². The summed E-state index contributed by atoms with van der Waals surface area (Å²) in [5.41, 5.74) is 0.154. The molecule has 0 atom stereocenters. The number of halogens is 3. The van der Waals surface area contributed by atoms with E-state index >= 15 is 0 Å². The van der Waals surface area contributed by atoms with E-state index < -0.39 is 11.7 Å². The molecule has 1 N–H and O–H groups in total. The zero-order valence-corrected chi connectivity index (χ0v) is 10.3. The molecule has 1 aliphatic heterocycles. The fourth-order valence-corrected chi connectivity index (χ4v) is 2.11. The fourth-order valence-electron chi connectivity index (χ4n) is 2.11. The van der Waals surface area contributed by atoms with Crippen LogP contribution in [-0.4, -0.2) is 30.6 Å². The van der Waals surface area contributed by atoms with Crippen LogP contribution >= 0.6 is 0 Å². The normalized spacial score (nSPS) is 16.9. The minimum atomic E-state index is -4.26. The molecule has 1 saturated heterocycles. The van der Waals surface area contributed by atoms with E-state index in [9.17, 15) is 13.2 Å². The molecule has 0 spiro atoms. The van der Waals surface area contributed by atoms with Gasteiger partial charge >= 0.3 is 6.18 Å². The summed E-state index contributed by atoms with van der Waals surface area (Å²) >= 11 is 0. The Labute approximate surface area is 105 Å². The predicted octanol–water partition coefficient (Wildman–Crippen LogP) is 2.50. The maximum absolute atomic E-state index is 12.6. The SMILES string of the molecule is CCN(Cc1cccc(C(F)(F)F)c1)C1CNC1. The molecule has 5 heteroatoms. The van der Waals surface area contributed by atoms with Crippen LogP contribution < -0.4 is 5.32 Å². The summed E-state index contributed by atoms with van der Waals surface area (Å²) in [5.74, 6) is 0. The third-order valence-electron chi connectivity index (χ3n) is 3.32. The molecular formula is C13H17F3N2. The van der Waals surface area contributed by atoms with Crippen LogP contribution in [-0.2, 0) is 12.7 Å². The molecule has 100 valence electrons. The van der Waals surface area contributed by atoms with E-state index in [0.29, 0.717) is 12.6 Å².